The number of hydrogen-bond acceptors (Lipinski definition) is 5. The first kappa shape index (κ1) is 26.7. The third-order valence-corrected chi connectivity index (χ3v) is 9.49. The summed E-state index contributed by atoms with van der Waals surface area (Å²) >= 11 is 12.1. The molecule has 10 heteroatoms. The fourth-order valence-electron chi connectivity index (χ4n) is 6.18. The molecule has 4 aliphatic rings. The number of carbonyl (C=O) groups is 3. The molecule has 2 aliphatic carbocycles. The van der Waals surface area contributed by atoms with E-state index in [1.165, 1.54) is 6.42 Å². The topological polar surface area (TPSA) is 76.2 Å². The van der Waals surface area contributed by atoms with Gasteiger partial charge in [0, 0.05) is 57.8 Å². The Labute approximate surface area is 229 Å². The van der Waals surface area contributed by atoms with Crippen molar-refractivity contribution in [3.05, 3.63) is 33.8 Å². The van der Waals surface area contributed by atoms with Crippen molar-refractivity contribution in [3.8, 4) is 0 Å². The SMILES string of the molecule is CN(Cc1ccc(Cl)c(Cl)c1)C(=O)CN1CNC2CCC(N3CCN(C(=O)C4CCC4)CC3)CC2C1=O. The first-order valence-corrected chi connectivity index (χ1v) is 14.3. The van der Waals surface area contributed by atoms with Crippen molar-refractivity contribution in [1.29, 1.82) is 0 Å². The first-order valence-electron chi connectivity index (χ1n) is 13.5. The quantitative estimate of drug-likeness (QED) is 0.590. The van der Waals surface area contributed by atoms with E-state index in [0.29, 0.717) is 35.2 Å². The summed E-state index contributed by atoms with van der Waals surface area (Å²) in [5.41, 5.74) is 0.887. The minimum absolute atomic E-state index is 0.0551. The van der Waals surface area contributed by atoms with Gasteiger partial charge in [-0.1, -0.05) is 35.7 Å². The minimum atomic E-state index is -0.115. The van der Waals surface area contributed by atoms with Crippen molar-refractivity contribution in [2.24, 2.45) is 11.8 Å². The molecule has 4 fully saturated rings. The summed E-state index contributed by atoms with van der Waals surface area (Å²) < 4.78 is 0. The third kappa shape index (κ3) is 5.92. The second-order valence-electron chi connectivity index (χ2n) is 11.1. The van der Waals surface area contributed by atoms with Crippen LogP contribution in [0.4, 0.5) is 0 Å². The Balaban J connectivity index is 1.12. The highest BCUT2D eigenvalue weighted by Gasteiger charge is 2.43. The smallest absolute Gasteiger partial charge is 0.242 e. The number of amides is 3. The average molecular weight is 551 g/mol. The van der Waals surface area contributed by atoms with Crippen molar-refractivity contribution >= 4 is 40.9 Å². The van der Waals surface area contributed by atoms with Gasteiger partial charge in [-0.25, -0.2) is 0 Å². The van der Waals surface area contributed by atoms with E-state index < -0.39 is 0 Å². The lowest BCUT2D eigenvalue weighted by molar-refractivity contribution is -0.149. The lowest BCUT2D eigenvalue weighted by Gasteiger charge is -2.47. The molecule has 5 rings (SSSR count). The van der Waals surface area contributed by atoms with Gasteiger partial charge in [0.25, 0.3) is 0 Å². The highest BCUT2D eigenvalue weighted by Crippen LogP contribution is 2.33. The normalized spacial score (nSPS) is 27.0. The van der Waals surface area contributed by atoms with E-state index in [2.05, 4.69) is 10.2 Å². The van der Waals surface area contributed by atoms with Gasteiger partial charge in [0.05, 0.1) is 22.6 Å². The zero-order valence-corrected chi connectivity index (χ0v) is 23.0. The highest BCUT2D eigenvalue weighted by atomic mass is 35.5. The van der Waals surface area contributed by atoms with Crippen molar-refractivity contribution in [2.75, 3.05) is 46.4 Å². The molecule has 0 bridgehead atoms. The van der Waals surface area contributed by atoms with Crippen LogP contribution < -0.4 is 5.32 Å². The van der Waals surface area contributed by atoms with E-state index in [9.17, 15) is 14.4 Å². The highest BCUT2D eigenvalue weighted by molar-refractivity contribution is 6.42. The van der Waals surface area contributed by atoms with Crippen molar-refractivity contribution in [2.45, 2.75) is 57.2 Å². The maximum Gasteiger partial charge on any atom is 0.242 e. The van der Waals surface area contributed by atoms with E-state index in [0.717, 1.165) is 63.8 Å². The first-order chi connectivity index (χ1) is 17.8. The zero-order valence-electron chi connectivity index (χ0n) is 21.5. The molecule has 2 saturated carbocycles. The van der Waals surface area contributed by atoms with Crippen molar-refractivity contribution in [1.82, 2.24) is 24.9 Å². The van der Waals surface area contributed by atoms with Crippen LogP contribution in [0.25, 0.3) is 0 Å². The molecule has 37 heavy (non-hydrogen) atoms. The number of piperazine rings is 1. The summed E-state index contributed by atoms with van der Waals surface area (Å²) in [5.74, 6) is 0.438. The third-order valence-electron chi connectivity index (χ3n) is 8.75. The summed E-state index contributed by atoms with van der Waals surface area (Å²) in [6.07, 6.45) is 6.09. The fourth-order valence-corrected chi connectivity index (χ4v) is 6.50. The molecule has 0 aromatic heterocycles. The predicted octanol–water partition coefficient (Wildman–Crippen LogP) is 2.82. The monoisotopic (exact) mass is 549 g/mol. The van der Waals surface area contributed by atoms with Crippen LogP contribution in [-0.2, 0) is 20.9 Å². The molecule has 3 amide bonds. The van der Waals surface area contributed by atoms with Crippen molar-refractivity contribution < 1.29 is 14.4 Å². The molecule has 0 spiro atoms. The summed E-state index contributed by atoms with van der Waals surface area (Å²) in [6.45, 7) is 4.19. The Morgan fingerprint density at radius 3 is 2.49 bits per heavy atom. The number of hydrogen-bond donors (Lipinski definition) is 1. The average Bonchev–Trinajstić information content (AvgIpc) is 2.86. The number of nitrogens with one attached hydrogen (secondary N) is 1. The molecule has 2 aliphatic heterocycles. The second kappa shape index (κ2) is 11.5. The summed E-state index contributed by atoms with van der Waals surface area (Å²) in [6, 6.07) is 5.85. The maximum absolute atomic E-state index is 13.5. The Morgan fingerprint density at radius 2 is 1.81 bits per heavy atom. The van der Waals surface area contributed by atoms with Crippen LogP contribution >= 0.6 is 23.2 Å². The Morgan fingerprint density at radius 1 is 1.05 bits per heavy atom. The van der Waals surface area contributed by atoms with Crippen LogP contribution in [0.5, 0.6) is 0 Å². The van der Waals surface area contributed by atoms with Gasteiger partial charge in [0.1, 0.15) is 6.54 Å². The summed E-state index contributed by atoms with van der Waals surface area (Å²) in [5, 5.41) is 4.45. The van der Waals surface area contributed by atoms with Gasteiger partial charge in [-0.3, -0.25) is 24.6 Å². The maximum atomic E-state index is 13.5. The van der Waals surface area contributed by atoms with Gasteiger partial charge in [-0.2, -0.15) is 0 Å². The number of likely N-dealkylation sites (N-methyl/N-ethyl adjacent to an activating group) is 1. The van der Waals surface area contributed by atoms with E-state index in [1.807, 2.05) is 11.0 Å². The van der Waals surface area contributed by atoms with Crippen LogP contribution in [0.15, 0.2) is 18.2 Å². The van der Waals surface area contributed by atoms with Crippen LogP contribution in [-0.4, -0.2) is 95.8 Å². The summed E-state index contributed by atoms with van der Waals surface area (Å²) in [7, 11) is 1.74. The number of halogens is 2. The Kier molecular flexibility index (Phi) is 8.29. The number of benzene rings is 1. The molecule has 202 valence electrons. The molecular weight excluding hydrogens is 513 g/mol. The van der Waals surface area contributed by atoms with E-state index in [4.69, 9.17) is 23.2 Å². The number of fused-ring (bicyclic) bond motifs is 1. The zero-order chi connectivity index (χ0) is 26.1. The largest absolute Gasteiger partial charge is 0.340 e. The molecule has 0 radical (unpaired) electrons. The number of rotatable bonds is 6. The van der Waals surface area contributed by atoms with Crippen LogP contribution in [0.3, 0.4) is 0 Å². The lowest BCUT2D eigenvalue weighted by atomic mass is 9.79. The number of carbonyl (C=O) groups excluding carboxylic acids is 3. The molecule has 1 aromatic rings. The van der Waals surface area contributed by atoms with E-state index >= 15 is 0 Å². The van der Waals surface area contributed by atoms with Gasteiger partial charge in [0.2, 0.25) is 17.7 Å². The van der Waals surface area contributed by atoms with Gasteiger partial charge in [0.15, 0.2) is 0 Å². The van der Waals surface area contributed by atoms with Crippen LogP contribution in [0.2, 0.25) is 10.0 Å². The van der Waals surface area contributed by atoms with Gasteiger partial charge < -0.3 is 14.7 Å². The van der Waals surface area contributed by atoms with Gasteiger partial charge >= 0.3 is 0 Å². The predicted molar refractivity (Wildman–Crippen MR) is 143 cm³/mol. The molecule has 3 atom stereocenters. The van der Waals surface area contributed by atoms with Crippen LogP contribution in [0, 0.1) is 11.8 Å². The van der Waals surface area contributed by atoms with Crippen LogP contribution in [0.1, 0.15) is 44.1 Å². The van der Waals surface area contributed by atoms with Gasteiger partial charge in [-0.15, -0.1) is 0 Å². The van der Waals surface area contributed by atoms with Gasteiger partial charge in [-0.05, 0) is 49.8 Å². The molecule has 2 heterocycles. The molecule has 1 aromatic carbocycles. The van der Waals surface area contributed by atoms with E-state index in [-0.39, 0.29) is 36.2 Å². The molecule has 2 saturated heterocycles. The molecule has 3 unspecified atom stereocenters. The second-order valence-corrected chi connectivity index (χ2v) is 11.9. The Bertz CT molecular complexity index is 1030. The fraction of sp³-hybridized carbons (Fsp3) is 0.667. The standard InChI is InChI=1S/C27H37Cl2N5O3/c1-31(15-18-5-7-22(28)23(29)13-18)25(35)16-34-17-30-24-8-6-20(14-21(24)27(34)37)32-9-11-33(12-10-32)26(36)19-3-2-4-19/h5,7,13,19-21,24,30H,2-4,6,8-12,14-17H2,1H3. The lowest BCUT2D eigenvalue weighted by Crippen LogP contribution is -2.62. The summed E-state index contributed by atoms with van der Waals surface area (Å²) in [4.78, 5) is 46.8. The van der Waals surface area contributed by atoms with Crippen molar-refractivity contribution in [3.63, 3.8) is 0 Å². The molecular formula is C27H37Cl2N5O3. The molecule has 1 N–H and O–H groups in total. The Hall–Kier alpha value is -1.87. The molecule has 8 nitrogen and oxygen atoms in total. The van der Waals surface area contributed by atoms with E-state index in [1.54, 1.807) is 29.0 Å². The minimum Gasteiger partial charge on any atom is -0.340 e. The number of nitrogens with zero attached hydrogens (tertiary/aromatic N) is 4.